The molecule has 2 aromatic rings. The third kappa shape index (κ3) is 2.02. The fourth-order valence-corrected chi connectivity index (χ4v) is 1.97. The average Bonchev–Trinajstić information content (AvgIpc) is 2.55. The third-order valence-corrected chi connectivity index (χ3v) is 2.81. The first-order valence-corrected chi connectivity index (χ1v) is 5.59. The molecule has 0 saturated carbocycles. The highest BCUT2D eigenvalue weighted by Crippen LogP contribution is 2.32. The number of nitrogen functional groups attached to an aromatic ring is 1. The van der Waals surface area contributed by atoms with Gasteiger partial charge < -0.3 is 5.73 Å². The molecule has 2 rings (SSSR count). The van der Waals surface area contributed by atoms with E-state index >= 15 is 0 Å². The minimum absolute atomic E-state index is 0.252. The maximum Gasteiger partial charge on any atom is 0.125 e. The van der Waals surface area contributed by atoms with Gasteiger partial charge in [0.05, 0.1) is 5.69 Å². The van der Waals surface area contributed by atoms with Crippen molar-refractivity contribution in [3.05, 3.63) is 35.6 Å². The van der Waals surface area contributed by atoms with Crippen LogP contribution in [-0.4, -0.2) is 9.78 Å². The van der Waals surface area contributed by atoms with E-state index < -0.39 is 0 Å². The zero-order chi connectivity index (χ0) is 12.6. The van der Waals surface area contributed by atoms with Crippen molar-refractivity contribution in [1.29, 1.82) is 0 Å². The summed E-state index contributed by atoms with van der Waals surface area (Å²) < 4.78 is 14.9. The van der Waals surface area contributed by atoms with Gasteiger partial charge in [-0.05, 0) is 18.1 Å². The molecular formula is C13H16FN3. The number of aromatic nitrogens is 2. The fraction of sp³-hybridized carbons (Fsp3) is 0.308. The van der Waals surface area contributed by atoms with E-state index in [0.29, 0.717) is 5.82 Å². The maximum atomic E-state index is 13.2. The highest BCUT2D eigenvalue weighted by molar-refractivity contribution is 5.69. The summed E-state index contributed by atoms with van der Waals surface area (Å²) in [5, 5.41) is 4.37. The normalized spacial score (nSPS) is 11.1. The molecule has 0 aliphatic carbocycles. The van der Waals surface area contributed by atoms with Gasteiger partial charge in [-0.3, -0.25) is 4.68 Å². The molecule has 17 heavy (non-hydrogen) atoms. The SMILES string of the molecule is CC(C)c1c(-c2cccc(F)c2)nn(C)c1N. The van der Waals surface area contributed by atoms with Crippen LogP contribution in [0, 0.1) is 5.82 Å². The second-order valence-electron chi connectivity index (χ2n) is 4.44. The Morgan fingerprint density at radius 3 is 2.65 bits per heavy atom. The molecule has 0 unspecified atom stereocenters. The van der Waals surface area contributed by atoms with Crippen molar-refractivity contribution in [2.75, 3.05) is 5.73 Å². The van der Waals surface area contributed by atoms with Gasteiger partial charge in [-0.25, -0.2) is 4.39 Å². The molecule has 1 aromatic heterocycles. The second kappa shape index (κ2) is 4.20. The molecule has 2 N–H and O–H groups in total. The molecule has 1 heterocycles. The number of anilines is 1. The summed E-state index contributed by atoms with van der Waals surface area (Å²) in [5.74, 6) is 0.627. The van der Waals surface area contributed by atoms with Crippen molar-refractivity contribution in [1.82, 2.24) is 9.78 Å². The molecule has 0 amide bonds. The Bertz CT molecular complexity index is 544. The number of hydrogen-bond donors (Lipinski definition) is 1. The molecule has 0 saturated heterocycles. The lowest BCUT2D eigenvalue weighted by atomic mass is 9.99. The van der Waals surface area contributed by atoms with Gasteiger partial charge >= 0.3 is 0 Å². The van der Waals surface area contributed by atoms with Gasteiger partial charge in [0, 0.05) is 18.2 Å². The van der Waals surface area contributed by atoms with Crippen molar-refractivity contribution in [2.24, 2.45) is 7.05 Å². The Hall–Kier alpha value is -1.84. The molecule has 0 bridgehead atoms. The number of rotatable bonds is 2. The lowest BCUT2D eigenvalue weighted by Gasteiger charge is -2.07. The monoisotopic (exact) mass is 233 g/mol. The molecule has 0 aliphatic rings. The Kier molecular flexibility index (Phi) is 2.88. The van der Waals surface area contributed by atoms with Crippen LogP contribution in [-0.2, 0) is 7.05 Å². The van der Waals surface area contributed by atoms with Crippen LogP contribution in [0.2, 0.25) is 0 Å². The van der Waals surface area contributed by atoms with E-state index in [9.17, 15) is 4.39 Å². The van der Waals surface area contributed by atoms with Crippen LogP contribution in [0.1, 0.15) is 25.3 Å². The van der Waals surface area contributed by atoms with Crippen molar-refractivity contribution in [2.45, 2.75) is 19.8 Å². The van der Waals surface area contributed by atoms with Gasteiger partial charge in [-0.15, -0.1) is 0 Å². The molecular weight excluding hydrogens is 217 g/mol. The first-order valence-electron chi connectivity index (χ1n) is 5.59. The largest absolute Gasteiger partial charge is 0.384 e. The number of halogens is 1. The summed E-state index contributed by atoms with van der Waals surface area (Å²) in [7, 11) is 1.80. The van der Waals surface area contributed by atoms with Gasteiger partial charge in [-0.1, -0.05) is 26.0 Å². The summed E-state index contributed by atoms with van der Waals surface area (Å²) in [5.41, 5.74) is 8.49. The minimum Gasteiger partial charge on any atom is -0.384 e. The quantitative estimate of drug-likeness (QED) is 0.866. The molecule has 1 aromatic carbocycles. The van der Waals surface area contributed by atoms with E-state index in [1.165, 1.54) is 12.1 Å². The van der Waals surface area contributed by atoms with Crippen LogP contribution in [0.15, 0.2) is 24.3 Å². The molecule has 90 valence electrons. The van der Waals surface area contributed by atoms with E-state index in [1.807, 2.05) is 6.07 Å². The van der Waals surface area contributed by atoms with Gasteiger partial charge in [0.2, 0.25) is 0 Å². The Labute approximate surface area is 100 Å². The molecule has 0 aliphatic heterocycles. The average molecular weight is 233 g/mol. The highest BCUT2D eigenvalue weighted by atomic mass is 19.1. The first-order chi connectivity index (χ1) is 8.00. The van der Waals surface area contributed by atoms with Crippen LogP contribution in [0.5, 0.6) is 0 Å². The fourth-order valence-electron chi connectivity index (χ4n) is 1.97. The summed E-state index contributed by atoms with van der Waals surface area (Å²) in [6.45, 7) is 4.10. The molecule has 0 radical (unpaired) electrons. The van der Waals surface area contributed by atoms with E-state index in [4.69, 9.17) is 5.73 Å². The summed E-state index contributed by atoms with van der Waals surface area (Å²) in [4.78, 5) is 0. The smallest absolute Gasteiger partial charge is 0.125 e. The Morgan fingerprint density at radius 2 is 2.06 bits per heavy atom. The molecule has 3 nitrogen and oxygen atoms in total. The topological polar surface area (TPSA) is 43.8 Å². The Balaban J connectivity index is 2.63. The van der Waals surface area contributed by atoms with E-state index in [-0.39, 0.29) is 11.7 Å². The molecule has 0 fully saturated rings. The number of hydrogen-bond acceptors (Lipinski definition) is 2. The van der Waals surface area contributed by atoms with Gasteiger partial charge in [-0.2, -0.15) is 5.10 Å². The minimum atomic E-state index is -0.263. The van der Waals surface area contributed by atoms with Gasteiger partial charge in [0.1, 0.15) is 11.6 Å². The van der Waals surface area contributed by atoms with Crippen LogP contribution < -0.4 is 5.73 Å². The van der Waals surface area contributed by atoms with Gasteiger partial charge in [0.25, 0.3) is 0 Å². The van der Waals surface area contributed by atoms with Crippen molar-refractivity contribution >= 4 is 5.82 Å². The maximum absolute atomic E-state index is 13.2. The standard InChI is InChI=1S/C13H16FN3/c1-8(2)11-12(16-17(3)13(11)15)9-5-4-6-10(14)7-9/h4-8H,15H2,1-3H3. The first kappa shape index (κ1) is 11.6. The predicted octanol–water partition coefficient (Wildman–Crippen LogP) is 2.93. The lowest BCUT2D eigenvalue weighted by molar-refractivity contribution is 0.628. The van der Waals surface area contributed by atoms with Crippen LogP contribution in [0.25, 0.3) is 11.3 Å². The lowest BCUT2D eigenvalue weighted by Crippen LogP contribution is -2.00. The van der Waals surface area contributed by atoms with Crippen LogP contribution in [0.4, 0.5) is 10.2 Å². The van der Waals surface area contributed by atoms with E-state index in [2.05, 4.69) is 18.9 Å². The second-order valence-corrected chi connectivity index (χ2v) is 4.44. The summed E-state index contributed by atoms with van der Waals surface area (Å²) in [6, 6.07) is 6.43. The highest BCUT2D eigenvalue weighted by Gasteiger charge is 2.18. The predicted molar refractivity (Wildman–Crippen MR) is 67.1 cm³/mol. The number of nitrogens with zero attached hydrogens (tertiary/aromatic N) is 2. The van der Waals surface area contributed by atoms with Crippen molar-refractivity contribution in [3.8, 4) is 11.3 Å². The Morgan fingerprint density at radius 1 is 1.35 bits per heavy atom. The number of benzene rings is 1. The summed E-state index contributed by atoms with van der Waals surface area (Å²) in [6.07, 6.45) is 0. The zero-order valence-electron chi connectivity index (χ0n) is 10.2. The van der Waals surface area contributed by atoms with E-state index in [0.717, 1.165) is 16.8 Å². The molecule has 4 heteroatoms. The summed E-state index contributed by atoms with van der Waals surface area (Å²) >= 11 is 0. The number of nitrogens with two attached hydrogens (primary N) is 1. The van der Waals surface area contributed by atoms with Crippen molar-refractivity contribution in [3.63, 3.8) is 0 Å². The van der Waals surface area contributed by atoms with E-state index in [1.54, 1.807) is 17.8 Å². The third-order valence-electron chi connectivity index (χ3n) is 2.81. The van der Waals surface area contributed by atoms with Crippen molar-refractivity contribution < 1.29 is 4.39 Å². The molecule has 0 spiro atoms. The van der Waals surface area contributed by atoms with Crippen LogP contribution >= 0.6 is 0 Å². The van der Waals surface area contributed by atoms with Gasteiger partial charge in [0.15, 0.2) is 0 Å². The zero-order valence-corrected chi connectivity index (χ0v) is 10.2. The molecule has 0 atom stereocenters. The van der Waals surface area contributed by atoms with Crippen LogP contribution in [0.3, 0.4) is 0 Å². The number of aryl methyl sites for hydroxylation is 1.